The minimum absolute atomic E-state index is 0.0185. The molecule has 0 aliphatic heterocycles. The topological polar surface area (TPSA) is 75.5 Å². The second-order valence-electron chi connectivity index (χ2n) is 7.49. The molecule has 0 saturated carbocycles. The molecular weight excluding hydrogens is 450 g/mol. The Morgan fingerprint density at radius 2 is 1.65 bits per heavy atom. The van der Waals surface area contributed by atoms with E-state index < -0.39 is 0 Å². The fourth-order valence-corrected chi connectivity index (χ4v) is 4.31. The standard InChI is InChI=1S/C26H25N3O4S/c1-17-8-11-20(12-9-17)29-25(19-10-13-23(32-3)24(15-19)33-4)27-28-26(29)34-16-22(30)18-6-5-7-21(14-18)31-2/h5-15H,16H2,1-4H3. The molecular formula is C26H25N3O4S. The lowest BCUT2D eigenvalue weighted by atomic mass is 10.1. The molecule has 4 rings (SSSR count). The number of nitrogens with zero attached hydrogens (tertiary/aromatic N) is 3. The van der Waals surface area contributed by atoms with E-state index in [0.29, 0.717) is 33.8 Å². The quantitative estimate of drug-likeness (QED) is 0.242. The maximum absolute atomic E-state index is 12.8. The average molecular weight is 476 g/mol. The van der Waals surface area contributed by atoms with Crippen LogP contribution in [0.15, 0.2) is 71.9 Å². The molecule has 0 atom stereocenters. The van der Waals surface area contributed by atoms with Crippen molar-refractivity contribution in [3.8, 4) is 34.3 Å². The zero-order chi connectivity index (χ0) is 24.1. The van der Waals surface area contributed by atoms with Crippen LogP contribution in [-0.2, 0) is 0 Å². The lowest BCUT2D eigenvalue weighted by Crippen LogP contribution is -2.05. The molecule has 1 aromatic heterocycles. The van der Waals surface area contributed by atoms with Crippen LogP contribution in [0.2, 0.25) is 0 Å². The second-order valence-corrected chi connectivity index (χ2v) is 8.43. The SMILES string of the molecule is COc1cccc(C(=O)CSc2nnc(-c3ccc(OC)c(OC)c3)n2-c2ccc(C)cc2)c1. The summed E-state index contributed by atoms with van der Waals surface area (Å²) >= 11 is 1.34. The molecule has 0 spiro atoms. The van der Waals surface area contributed by atoms with E-state index in [-0.39, 0.29) is 11.5 Å². The number of carbonyl (C=O) groups excluding carboxylic acids is 1. The Labute approximate surface area is 202 Å². The van der Waals surface area contributed by atoms with Gasteiger partial charge in [-0.1, -0.05) is 41.6 Å². The van der Waals surface area contributed by atoms with Gasteiger partial charge in [0.1, 0.15) is 5.75 Å². The Hall–Kier alpha value is -3.78. The first-order valence-electron chi connectivity index (χ1n) is 10.6. The molecule has 3 aromatic carbocycles. The molecule has 8 heteroatoms. The molecule has 34 heavy (non-hydrogen) atoms. The minimum atomic E-state index is -0.0185. The maximum Gasteiger partial charge on any atom is 0.196 e. The highest BCUT2D eigenvalue weighted by Gasteiger charge is 2.19. The molecule has 0 bridgehead atoms. The summed E-state index contributed by atoms with van der Waals surface area (Å²) in [6.45, 7) is 2.04. The average Bonchev–Trinajstić information content (AvgIpc) is 3.31. The van der Waals surface area contributed by atoms with E-state index in [0.717, 1.165) is 16.8 Å². The van der Waals surface area contributed by atoms with Crippen LogP contribution in [0.3, 0.4) is 0 Å². The van der Waals surface area contributed by atoms with Crippen LogP contribution in [0, 0.1) is 6.92 Å². The lowest BCUT2D eigenvalue weighted by molar-refractivity contribution is 0.102. The Balaban J connectivity index is 1.70. The highest BCUT2D eigenvalue weighted by molar-refractivity contribution is 7.99. The van der Waals surface area contributed by atoms with Gasteiger partial charge in [0, 0.05) is 16.8 Å². The number of hydrogen-bond acceptors (Lipinski definition) is 7. The summed E-state index contributed by atoms with van der Waals surface area (Å²) in [5.41, 5.74) is 3.45. The van der Waals surface area contributed by atoms with Crippen LogP contribution >= 0.6 is 11.8 Å². The summed E-state index contributed by atoms with van der Waals surface area (Å²) in [6, 6.07) is 20.8. The van der Waals surface area contributed by atoms with Crippen LogP contribution < -0.4 is 14.2 Å². The molecule has 1 heterocycles. The third kappa shape index (κ3) is 4.92. The highest BCUT2D eigenvalue weighted by atomic mass is 32.2. The first-order valence-corrected chi connectivity index (χ1v) is 11.6. The number of methoxy groups -OCH3 is 3. The van der Waals surface area contributed by atoms with E-state index in [1.54, 1.807) is 39.5 Å². The molecule has 0 amide bonds. The van der Waals surface area contributed by atoms with Gasteiger partial charge in [-0.15, -0.1) is 10.2 Å². The van der Waals surface area contributed by atoms with Crippen LogP contribution in [0.4, 0.5) is 0 Å². The molecule has 174 valence electrons. The van der Waals surface area contributed by atoms with Crippen molar-refractivity contribution in [3.63, 3.8) is 0 Å². The van der Waals surface area contributed by atoms with Gasteiger partial charge in [0.05, 0.1) is 27.1 Å². The van der Waals surface area contributed by atoms with E-state index in [4.69, 9.17) is 14.2 Å². The van der Waals surface area contributed by atoms with Crippen LogP contribution in [0.1, 0.15) is 15.9 Å². The molecule has 0 N–H and O–H groups in total. The van der Waals surface area contributed by atoms with Gasteiger partial charge in [0.25, 0.3) is 0 Å². The number of thioether (sulfide) groups is 1. The summed E-state index contributed by atoms with van der Waals surface area (Å²) in [5, 5.41) is 9.49. The largest absolute Gasteiger partial charge is 0.497 e. The normalized spacial score (nSPS) is 10.7. The number of hydrogen-bond donors (Lipinski definition) is 0. The molecule has 0 saturated heterocycles. The summed E-state index contributed by atoms with van der Waals surface area (Å²) in [5.74, 6) is 2.71. The molecule has 4 aromatic rings. The predicted octanol–water partition coefficient (Wildman–Crippen LogP) is 5.24. The zero-order valence-corrected chi connectivity index (χ0v) is 20.3. The van der Waals surface area contributed by atoms with Crippen molar-refractivity contribution in [2.24, 2.45) is 0 Å². The molecule has 7 nitrogen and oxygen atoms in total. The number of Topliss-reactive ketones (excluding diaryl/α,β-unsaturated/α-hetero) is 1. The molecule has 0 radical (unpaired) electrons. The van der Waals surface area contributed by atoms with Crippen molar-refractivity contribution in [1.29, 1.82) is 0 Å². The highest BCUT2D eigenvalue weighted by Crippen LogP contribution is 2.34. The Bertz CT molecular complexity index is 1300. The fraction of sp³-hybridized carbons (Fsp3) is 0.192. The number of benzene rings is 3. The maximum atomic E-state index is 12.8. The first kappa shape index (κ1) is 23.4. The Morgan fingerprint density at radius 1 is 0.882 bits per heavy atom. The number of carbonyl (C=O) groups is 1. The van der Waals surface area contributed by atoms with Gasteiger partial charge in [-0.2, -0.15) is 0 Å². The van der Waals surface area contributed by atoms with Gasteiger partial charge < -0.3 is 14.2 Å². The molecule has 0 unspecified atom stereocenters. The summed E-state index contributed by atoms with van der Waals surface area (Å²) < 4.78 is 18.0. The van der Waals surface area contributed by atoms with E-state index >= 15 is 0 Å². The third-order valence-corrected chi connectivity index (χ3v) is 6.22. The Kier molecular flexibility index (Phi) is 7.18. The monoisotopic (exact) mass is 475 g/mol. The number of rotatable bonds is 9. The predicted molar refractivity (Wildman–Crippen MR) is 133 cm³/mol. The molecule has 0 aliphatic carbocycles. The van der Waals surface area contributed by atoms with E-state index in [9.17, 15) is 4.79 Å². The van der Waals surface area contributed by atoms with E-state index in [1.165, 1.54) is 11.8 Å². The van der Waals surface area contributed by atoms with Crippen LogP contribution in [0.5, 0.6) is 17.2 Å². The van der Waals surface area contributed by atoms with Crippen molar-refractivity contribution >= 4 is 17.5 Å². The van der Waals surface area contributed by atoms with E-state index in [2.05, 4.69) is 10.2 Å². The summed E-state index contributed by atoms with van der Waals surface area (Å²) in [6.07, 6.45) is 0. The number of aryl methyl sites for hydroxylation is 1. The fourth-order valence-electron chi connectivity index (χ4n) is 3.46. The number of aromatic nitrogens is 3. The lowest BCUT2D eigenvalue weighted by Gasteiger charge is -2.13. The van der Waals surface area contributed by atoms with Crippen molar-refractivity contribution in [2.45, 2.75) is 12.1 Å². The minimum Gasteiger partial charge on any atom is -0.497 e. The molecule has 0 fully saturated rings. The summed E-state index contributed by atoms with van der Waals surface area (Å²) in [4.78, 5) is 12.8. The van der Waals surface area contributed by atoms with Gasteiger partial charge >= 0.3 is 0 Å². The van der Waals surface area contributed by atoms with E-state index in [1.807, 2.05) is 60.0 Å². The van der Waals surface area contributed by atoms with Crippen molar-refractivity contribution < 1.29 is 19.0 Å². The van der Waals surface area contributed by atoms with Crippen molar-refractivity contribution in [3.05, 3.63) is 77.9 Å². The number of ketones is 1. The van der Waals surface area contributed by atoms with Gasteiger partial charge in [-0.3, -0.25) is 9.36 Å². The van der Waals surface area contributed by atoms with Gasteiger partial charge in [-0.25, -0.2) is 0 Å². The van der Waals surface area contributed by atoms with Crippen molar-refractivity contribution in [1.82, 2.24) is 14.8 Å². The third-order valence-electron chi connectivity index (χ3n) is 5.29. The second kappa shape index (κ2) is 10.4. The zero-order valence-electron chi connectivity index (χ0n) is 19.4. The van der Waals surface area contributed by atoms with Gasteiger partial charge in [0.15, 0.2) is 28.3 Å². The first-order chi connectivity index (χ1) is 16.5. The van der Waals surface area contributed by atoms with Gasteiger partial charge in [0.2, 0.25) is 0 Å². The molecule has 0 aliphatic rings. The smallest absolute Gasteiger partial charge is 0.196 e. The summed E-state index contributed by atoms with van der Waals surface area (Å²) in [7, 11) is 4.77. The van der Waals surface area contributed by atoms with Gasteiger partial charge in [-0.05, 0) is 49.4 Å². The Morgan fingerprint density at radius 3 is 2.35 bits per heavy atom. The van der Waals surface area contributed by atoms with Crippen LogP contribution in [0.25, 0.3) is 17.1 Å². The van der Waals surface area contributed by atoms with Crippen LogP contribution in [-0.4, -0.2) is 47.6 Å². The number of ether oxygens (including phenoxy) is 3. The van der Waals surface area contributed by atoms with Crippen molar-refractivity contribution in [2.75, 3.05) is 27.1 Å².